The highest BCUT2D eigenvalue weighted by molar-refractivity contribution is 5.93. The van der Waals surface area contributed by atoms with E-state index >= 15 is 0 Å². The lowest BCUT2D eigenvalue weighted by molar-refractivity contribution is 0.0296. The quantitative estimate of drug-likeness (QED) is 0.479. The van der Waals surface area contributed by atoms with E-state index in [9.17, 15) is 9.90 Å². The molecule has 1 rings (SSSR count). The molecular formula is C13H19NO3. The largest absolute Gasteiger partial charge is 0.507 e. The smallest absolute Gasteiger partial charge is 0.342 e. The number of benzene rings is 1. The molecule has 0 aliphatic rings. The van der Waals surface area contributed by atoms with E-state index in [1.165, 1.54) is 18.2 Å². The maximum atomic E-state index is 11.8. The first-order valence-corrected chi connectivity index (χ1v) is 5.69. The fourth-order valence-corrected chi connectivity index (χ4v) is 1.68. The number of hydrogen-bond acceptors (Lipinski definition) is 4. The summed E-state index contributed by atoms with van der Waals surface area (Å²) in [6.45, 7) is 5.95. The standard InChI is InChI=1S/C13H19NO3/c1-8(2)6-9(3)17-13(16)11-7-10(14)4-5-12(11)15/h4-5,7-9,15H,6,14H2,1-3H3. The summed E-state index contributed by atoms with van der Waals surface area (Å²) in [6.07, 6.45) is 0.609. The highest BCUT2D eigenvalue weighted by Crippen LogP contribution is 2.21. The molecule has 0 saturated heterocycles. The fraction of sp³-hybridized carbons (Fsp3) is 0.462. The summed E-state index contributed by atoms with van der Waals surface area (Å²) < 4.78 is 5.23. The topological polar surface area (TPSA) is 72.5 Å². The Bertz CT molecular complexity index is 402. The first-order valence-electron chi connectivity index (χ1n) is 5.69. The molecule has 17 heavy (non-hydrogen) atoms. The maximum absolute atomic E-state index is 11.8. The lowest BCUT2D eigenvalue weighted by Gasteiger charge is -2.15. The van der Waals surface area contributed by atoms with Gasteiger partial charge in [0.15, 0.2) is 0 Å². The zero-order chi connectivity index (χ0) is 13.0. The lowest BCUT2D eigenvalue weighted by Crippen LogP contribution is -2.17. The Kier molecular flexibility index (Phi) is 4.37. The minimum atomic E-state index is -0.539. The van der Waals surface area contributed by atoms with Crippen molar-refractivity contribution in [2.24, 2.45) is 5.92 Å². The third kappa shape index (κ3) is 3.98. The first kappa shape index (κ1) is 13.4. The van der Waals surface area contributed by atoms with E-state index in [0.29, 0.717) is 11.6 Å². The Morgan fingerprint density at radius 1 is 1.41 bits per heavy atom. The number of anilines is 1. The molecule has 1 atom stereocenters. The molecule has 0 heterocycles. The molecule has 1 unspecified atom stereocenters. The molecule has 3 N–H and O–H groups in total. The zero-order valence-electron chi connectivity index (χ0n) is 10.4. The van der Waals surface area contributed by atoms with Crippen LogP contribution >= 0.6 is 0 Å². The van der Waals surface area contributed by atoms with Crippen molar-refractivity contribution >= 4 is 11.7 Å². The van der Waals surface area contributed by atoms with Gasteiger partial charge in [0.2, 0.25) is 0 Å². The van der Waals surface area contributed by atoms with Gasteiger partial charge in [0.1, 0.15) is 11.3 Å². The van der Waals surface area contributed by atoms with Gasteiger partial charge >= 0.3 is 5.97 Å². The summed E-state index contributed by atoms with van der Waals surface area (Å²) in [4.78, 5) is 11.8. The van der Waals surface area contributed by atoms with E-state index in [0.717, 1.165) is 6.42 Å². The molecule has 1 aromatic rings. The maximum Gasteiger partial charge on any atom is 0.342 e. The Morgan fingerprint density at radius 3 is 2.65 bits per heavy atom. The van der Waals surface area contributed by atoms with Crippen LogP contribution < -0.4 is 5.73 Å². The van der Waals surface area contributed by atoms with Crippen molar-refractivity contribution in [3.63, 3.8) is 0 Å². The van der Waals surface area contributed by atoms with Crippen molar-refractivity contribution in [2.75, 3.05) is 5.73 Å². The number of nitrogens with two attached hydrogens (primary N) is 1. The van der Waals surface area contributed by atoms with Gasteiger partial charge in [-0.3, -0.25) is 0 Å². The van der Waals surface area contributed by atoms with Gasteiger partial charge in [0.05, 0.1) is 6.10 Å². The fourth-order valence-electron chi connectivity index (χ4n) is 1.68. The molecule has 94 valence electrons. The molecule has 0 amide bonds. The monoisotopic (exact) mass is 237 g/mol. The van der Waals surface area contributed by atoms with Crippen molar-refractivity contribution in [1.82, 2.24) is 0 Å². The number of nitrogen functional groups attached to an aromatic ring is 1. The number of phenols is 1. The van der Waals surface area contributed by atoms with E-state index in [-0.39, 0.29) is 17.4 Å². The Labute approximate surface area is 101 Å². The van der Waals surface area contributed by atoms with Crippen LogP contribution in [0.3, 0.4) is 0 Å². The SMILES string of the molecule is CC(C)CC(C)OC(=O)c1cc(N)ccc1O. The van der Waals surface area contributed by atoms with Gasteiger partial charge in [-0.1, -0.05) is 13.8 Å². The summed E-state index contributed by atoms with van der Waals surface area (Å²) >= 11 is 0. The van der Waals surface area contributed by atoms with Crippen LogP contribution in [0.5, 0.6) is 5.75 Å². The summed E-state index contributed by atoms with van der Waals surface area (Å²) in [7, 11) is 0. The Hall–Kier alpha value is -1.71. The number of aromatic hydroxyl groups is 1. The highest BCUT2D eigenvalue weighted by atomic mass is 16.5. The highest BCUT2D eigenvalue weighted by Gasteiger charge is 2.16. The number of ether oxygens (including phenoxy) is 1. The zero-order valence-corrected chi connectivity index (χ0v) is 10.4. The van der Waals surface area contributed by atoms with Crippen LogP contribution in [0.15, 0.2) is 18.2 Å². The predicted molar refractivity (Wildman–Crippen MR) is 66.9 cm³/mol. The molecule has 0 spiro atoms. The summed E-state index contributed by atoms with van der Waals surface area (Å²) in [5.74, 6) is -0.198. The van der Waals surface area contributed by atoms with Crippen molar-refractivity contribution in [3.05, 3.63) is 23.8 Å². The molecule has 0 aliphatic carbocycles. The molecule has 4 nitrogen and oxygen atoms in total. The number of esters is 1. The van der Waals surface area contributed by atoms with E-state index in [4.69, 9.17) is 10.5 Å². The van der Waals surface area contributed by atoms with Crippen molar-refractivity contribution < 1.29 is 14.6 Å². The Balaban J connectivity index is 2.73. The molecule has 0 radical (unpaired) electrons. The normalized spacial score (nSPS) is 12.5. The second-order valence-electron chi connectivity index (χ2n) is 4.62. The van der Waals surface area contributed by atoms with Crippen LogP contribution in [0.2, 0.25) is 0 Å². The van der Waals surface area contributed by atoms with Crippen LogP contribution in [-0.4, -0.2) is 17.2 Å². The van der Waals surface area contributed by atoms with E-state index in [2.05, 4.69) is 13.8 Å². The van der Waals surface area contributed by atoms with Gasteiger partial charge in [0.25, 0.3) is 0 Å². The van der Waals surface area contributed by atoms with Crippen molar-refractivity contribution in [1.29, 1.82) is 0 Å². The van der Waals surface area contributed by atoms with Gasteiger partial charge in [-0.05, 0) is 37.5 Å². The third-order valence-electron chi connectivity index (χ3n) is 2.35. The average Bonchev–Trinajstić information content (AvgIpc) is 2.20. The summed E-state index contributed by atoms with van der Waals surface area (Å²) in [5, 5.41) is 9.54. The van der Waals surface area contributed by atoms with Crippen LogP contribution in [0.1, 0.15) is 37.6 Å². The average molecular weight is 237 g/mol. The minimum Gasteiger partial charge on any atom is -0.507 e. The van der Waals surface area contributed by atoms with Crippen LogP contribution in [0, 0.1) is 5.92 Å². The van der Waals surface area contributed by atoms with E-state index in [1.54, 1.807) is 0 Å². The first-order chi connectivity index (χ1) is 7.90. The predicted octanol–water partition coefficient (Wildman–Crippen LogP) is 2.57. The van der Waals surface area contributed by atoms with Gasteiger partial charge in [-0.25, -0.2) is 4.79 Å². The number of carbonyl (C=O) groups excluding carboxylic acids is 1. The van der Waals surface area contributed by atoms with Gasteiger partial charge in [0, 0.05) is 5.69 Å². The number of hydrogen-bond donors (Lipinski definition) is 2. The van der Waals surface area contributed by atoms with Gasteiger partial charge < -0.3 is 15.6 Å². The third-order valence-corrected chi connectivity index (χ3v) is 2.35. The lowest BCUT2D eigenvalue weighted by atomic mass is 10.1. The molecule has 4 heteroatoms. The molecule has 0 aromatic heterocycles. The van der Waals surface area contributed by atoms with E-state index in [1.807, 2.05) is 6.92 Å². The van der Waals surface area contributed by atoms with Crippen molar-refractivity contribution in [2.45, 2.75) is 33.3 Å². The van der Waals surface area contributed by atoms with Crippen LogP contribution in [-0.2, 0) is 4.74 Å². The molecule has 0 saturated carbocycles. The minimum absolute atomic E-state index is 0.110. The Morgan fingerprint density at radius 2 is 2.06 bits per heavy atom. The van der Waals surface area contributed by atoms with Gasteiger partial charge in [-0.15, -0.1) is 0 Å². The summed E-state index contributed by atoms with van der Waals surface area (Å²) in [6, 6.07) is 4.34. The number of carbonyl (C=O) groups is 1. The number of rotatable bonds is 4. The summed E-state index contributed by atoms with van der Waals surface area (Å²) in [5.41, 5.74) is 6.09. The molecule has 0 fully saturated rings. The molecular weight excluding hydrogens is 218 g/mol. The van der Waals surface area contributed by atoms with Crippen LogP contribution in [0.25, 0.3) is 0 Å². The molecule has 0 aliphatic heterocycles. The second kappa shape index (κ2) is 5.57. The second-order valence-corrected chi connectivity index (χ2v) is 4.62. The van der Waals surface area contributed by atoms with E-state index < -0.39 is 5.97 Å². The number of phenolic OH excluding ortho intramolecular Hbond substituents is 1. The van der Waals surface area contributed by atoms with Gasteiger partial charge in [-0.2, -0.15) is 0 Å². The van der Waals surface area contributed by atoms with Crippen LogP contribution in [0.4, 0.5) is 5.69 Å². The van der Waals surface area contributed by atoms with Crippen molar-refractivity contribution in [3.8, 4) is 5.75 Å². The molecule has 0 bridgehead atoms. The molecule has 1 aromatic carbocycles.